The second kappa shape index (κ2) is 4.41. The van der Waals surface area contributed by atoms with E-state index in [2.05, 4.69) is 35.9 Å². The van der Waals surface area contributed by atoms with Gasteiger partial charge in [0.15, 0.2) is 0 Å². The highest BCUT2D eigenvalue weighted by Crippen LogP contribution is 2.30. The molecule has 3 heteroatoms. The van der Waals surface area contributed by atoms with Crippen LogP contribution in [-0.2, 0) is 26.2 Å². The standard InChI is InChI=1S/C15H21N3/c1-3-4-18-10(2)14(7-16)13-5-11-8-17-9-12(11)6-15(13)18/h5-6,17H,3-4,7-9,16H2,1-2H3. The lowest BCUT2D eigenvalue weighted by atomic mass is 10.0. The topological polar surface area (TPSA) is 43.0 Å². The van der Waals surface area contributed by atoms with Crippen molar-refractivity contribution in [3.05, 3.63) is 34.5 Å². The van der Waals surface area contributed by atoms with Crippen LogP contribution in [0, 0.1) is 6.92 Å². The number of nitrogens with two attached hydrogens (primary N) is 1. The second-order valence-corrected chi connectivity index (χ2v) is 5.16. The molecule has 0 saturated carbocycles. The highest BCUT2D eigenvalue weighted by molar-refractivity contribution is 5.87. The minimum atomic E-state index is 0.630. The SMILES string of the molecule is CCCn1c(C)c(CN)c2cc3c(cc21)CNC3. The monoisotopic (exact) mass is 243 g/mol. The molecule has 0 aliphatic carbocycles. The number of aryl methyl sites for hydroxylation is 1. The summed E-state index contributed by atoms with van der Waals surface area (Å²) >= 11 is 0. The van der Waals surface area contributed by atoms with Gasteiger partial charge in [0.25, 0.3) is 0 Å². The summed E-state index contributed by atoms with van der Waals surface area (Å²) in [7, 11) is 0. The fraction of sp³-hybridized carbons (Fsp3) is 0.467. The average molecular weight is 243 g/mol. The van der Waals surface area contributed by atoms with Gasteiger partial charge in [0.05, 0.1) is 0 Å². The van der Waals surface area contributed by atoms with E-state index in [1.54, 1.807) is 0 Å². The molecule has 0 radical (unpaired) electrons. The Balaban J connectivity index is 2.30. The predicted molar refractivity (Wildman–Crippen MR) is 75.4 cm³/mol. The Morgan fingerprint density at radius 1 is 1.28 bits per heavy atom. The molecule has 3 N–H and O–H groups in total. The van der Waals surface area contributed by atoms with Gasteiger partial charge in [-0.15, -0.1) is 0 Å². The number of hydrogen-bond donors (Lipinski definition) is 2. The van der Waals surface area contributed by atoms with E-state index in [1.165, 1.54) is 33.3 Å². The summed E-state index contributed by atoms with van der Waals surface area (Å²) in [5, 5.41) is 4.77. The molecule has 2 aromatic rings. The lowest BCUT2D eigenvalue weighted by Crippen LogP contribution is -2.02. The summed E-state index contributed by atoms with van der Waals surface area (Å²) in [4.78, 5) is 0. The molecule has 1 aliphatic rings. The zero-order valence-corrected chi connectivity index (χ0v) is 11.2. The zero-order valence-electron chi connectivity index (χ0n) is 11.2. The van der Waals surface area contributed by atoms with Crippen LogP contribution in [0.15, 0.2) is 12.1 Å². The summed E-state index contributed by atoms with van der Waals surface area (Å²) < 4.78 is 2.43. The summed E-state index contributed by atoms with van der Waals surface area (Å²) in [6.07, 6.45) is 1.16. The first kappa shape index (κ1) is 11.8. The van der Waals surface area contributed by atoms with E-state index in [4.69, 9.17) is 5.73 Å². The van der Waals surface area contributed by atoms with Gasteiger partial charge in [-0.05, 0) is 42.2 Å². The molecule has 1 aromatic heterocycles. The third-order valence-electron chi connectivity index (χ3n) is 4.06. The predicted octanol–water partition coefficient (Wildman–Crippen LogP) is 2.42. The van der Waals surface area contributed by atoms with Crippen LogP contribution in [0.3, 0.4) is 0 Å². The van der Waals surface area contributed by atoms with Gasteiger partial charge < -0.3 is 15.6 Å². The molecular formula is C15H21N3. The molecular weight excluding hydrogens is 222 g/mol. The molecule has 3 nitrogen and oxygen atoms in total. The van der Waals surface area contributed by atoms with Crippen molar-refractivity contribution in [1.82, 2.24) is 9.88 Å². The maximum absolute atomic E-state index is 5.94. The third-order valence-corrected chi connectivity index (χ3v) is 4.06. The second-order valence-electron chi connectivity index (χ2n) is 5.16. The van der Waals surface area contributed by atoms with Gasteiger partial charge in [0.2, 0.25) is 0 Å². The lowest BCUT2D eigenvalue weighted by molar-refractivity contribution is 0.681. The molecule has 1 aromatic carbocycles. The van der Waals surface area contributed by atoms with E-state index in [1.807, 2.05) is 0 Å². The number of rotatable bonds is 3. The van der Waals surface area contributed by atoms with Gasteiger partial charge >= 0.3 is 0 Å². The van der Waals surface area contributed by atoms with Crippen LogP contribution in [0.1, 0.15) is 35.7 Å². The maximum atomic E-state index is 5.94. The number of nitrogens with one attached hydrogen (secondary N) is 1. The normalized spacial score (nSPS) is 14.4. The molecule has 0 fully saturated rings. The van der Waals surface area contributed by atoms with Gasteiger partial charge in [-0.2, -0.15) is 0 Å². The largest absolute Gasteiger partial charge is 0.345 e. The van der Waals surface area contributed by atoms with E-state index >= 15 is 0 Å². The Morgan fingerprint density at radius 3 is 2.67 bits per heavy atom. The van der Waals surface area contributed by atoms with E-state index in [-0.39, 0.29) is 0 Å². The van der Waals surface area contributed by atoms with Crippen LogP contribution in [0.5, 0.6) is 0 Å². The van der Waals surface area contributed by atoms with Crippen molar-refractivity contribution >= 4 is 10.9 Å². The zero-order chi connectivity index (χ0) is 12.7. The third kappa shape index (κ3) is 1.58. The van der Waals surface area contributed by atoms with Gasteiger partial charge in [-0.25, -0.2) is 0 Å². The summed E-state index contributed by atoms with van der Waals surface area (Å²) in [6.45, 7) is 8.12. The molecule has 2 heterocycles. The molecule has 0 bridgehead atoms. The smallest absolute Gasteiger partial charge is 0.0489 e. The van der Waals surface area contributed by atoms with E-state index in [0.29, 0.717) is 6.54 Å². The van der Waals surface area contributed by atoms with Crippen molar-refractivity contribution in [2.75, 3.05) is 0 Å². The molecule has 3 rings (SSSR count). The van der Waals surface area contributed by atoms with Crippen LogP contribution in [-0.4, -0.2) is 4.57 Å². The van der Waals surface area contributed by atoms with Crippen LogP contribution >= 0.6 is 0 Å². The maximum Gasteiger partial charge on any atom is 0.0489 e. The minimum Gasteiger partial charge on any atom is -0.345 e. The van der Waals surface area contributed by atoms with Crippen LogP contribution in [0.4, 0.5) is 0 Å². The fourth-order valence-electron chi connectivity index (χ4n) is 3.11. The van der Waals surface area contributed by atoms with Crippen molar-refractivity contribution in [2.45, 2.75) is 46.4 Å². The Morgan fingerprint density at radius 2 is 2.00 bits per heavy atom. The Bertz CT molecular complexity index is 596. The average Bonchev–Trinajstić information content (AvgIpc) is 2.91. The van der Waals surface area contributed by atoms with Gasteiger partial charge in [-0.1, -0.05) is 6.92 Å². The van der Waals surface area contributed by atoms with Crippen molar-refractivity contribution in [3.8, 4) is 0 Å². The number of aromatic nitrogens is 1. The molecule has 1 aliphatic heterocycles. The molecule has 0 spiro atoms. The van der Waals surface area contributed by atoms with Crippen LogP contribution in [0.2, 0.25) is 0 Å². The Hall–Kier alpha value is -1.32. The number of fused-ring (bicyclic) bond motifs is 2. The Kier molecular flexibility index (Phi) is 2.88. The van der Waals surface area contributed by atoms with Crippen LogP contribution < -0.4 is 11.1 Å². The number of nitrogens with zero attached hydrogens (tertiary/aromatic N) is 1. The van der Waals surface area contributed by atoms with Gasteiger partial charge in [-0.3, -0.25) is 0 Å². The van der Waals surface area contributed by atoms with E-state index in [0.717, 1.165) is 26.1 Å². The Labute approximate surface area is 108 Å². The van der Waals surface area contributed by atoms with Crippen molar-refractivity contribution < 1.29 is 0 Å². The first-order valence-corrected chi connectivity index (χ1v) is 6.80. The first-order chi connectivity index (χ1) is 8.76. The molecule has 0 atom stereocenters. The minimum absolute atomic E-state index is 0.630. The van der Waals surface area contributed by atoms with E-state index < -0.39 is 0 Å². The molecule has 0 amide bonds. The lowest BCUT2D eigenvalue weighted by Gasteiger charge is -2.07. The molecule has 18 heavy (non-hydrogen) atoms. The van der Waals surface area contributed by atoms with E-state index in [9.17, 15) is 0 Å². The molecule has 0 saturated heterocycles. The number of hydrogen-bond acceptors (Lipinski definition) is 2. The summed E-state index contributed by atoms with van der Waals surface area (Å²) in [6, 6.07) is 4.69. The van der Waals surface area contributed by atoms with Crippen LogP contribution in [0.25, 0.3) is 10.9 Å². The van der Waals surface area contributed by atoms with Gasteiger partial charge in [0, 0.05) is 42.8 Å². The molecule has 96 valence electrons. The highest BCUT2D eigenvalue weighted by Gasteiger charge is 2.17. The summed E-state index contributed by atoms with van der Waals surface area (Å²) in [5.74, 6) is 0. The van der Waals surface area contributed by atoms with Gasteiger partial charge in [0.1, 0.15) is 0 Å². The highest BCUT2D eigenvalue weighted by atomic mass is 15.0. The quantitative estimate of drug-likeness (QED) is 0.869. The molecule has 0 unspecified atom stereocenters. The van der Waals surface area contributed by atoms with Crippen molar-refractivity contribution in [3.63, 3.8) is 0 Å². The fourth-order valence-corrected chi connectivity index (χ4v) is 3.11. The number of benzene rings is 1. The van der Waals surface area contributed by atoms with Crippen molar-refractivity contribution in [1.29, 1.82) is 0 Å². The van der Waals surface area contributed by atoms with Crippen molar-refractivity contribution in [2.24, 2.45) is 5.73 Å². The summed E-state index contributed by atoms with van der Waals surface area (Å²) in [5.41, 5.74) is 12.8. The first-order valence-electron chi connectivity index (χ1n) is 6.80.